The van der Waals surface area contributed by atoms with E-state index in [0.29, 0.717) is 5.76 Å². The van der Waals surface area contributed by atoms with Crippen molar-refractivity contribution in [2.75, 3.05) is 0 Å². The van der Waals surface area contributed by atoms with Crippen molar-refractivity contribution in [2.24, 2.45) is 7.05 Å². The van der Waals surface area contributed by atoms with Crippen molar-refractivity contribution in [3.05, 3.63) is 65.8 Å². The van der Waals surface area contributed by atoms with E-state index in [9.17, 15) is 14.4 Å². The van der Waals surface area contributed by atoms with E-state index in [-0.39, 0.29) is 12.1 Å². The smallest absolute Gasteiger partial charge is 0.331 e. The van der Waals surface area contributed by atoms with Crippen LogP contribution in [0.5, 0.6) is 0 Å². The van der Waals surface area contributed by atoms with E-state index in [1.807, 2.05) is 42.1 Å². The Morgan fingerprint density at radius 1 is 1.12 bits per heavy atom. The molecule has 26 heavy (non-hydrogen) atoms. The van der Waals surface area contributed by atoms with Crippen LogP contribution in [0, 0.1) is 0 Å². The van der Waals surface area contributed by atoms with Gasteiger partial charge >= 0.3 is 6.03 Å². The average molecular weight is 349 g/mol. The summed E-state index contributed by atoms with van der Waals surface area (Å²) in [6, 6.07) is 10.2. The first-order valence-corrected chi connectivity index (χ1v) is 8.00. The first-order chi connectivity index (χ1) is 12.5. The number of carbonyl (C=O) groups is 3. The van der Waals surface area contributed by atoms with Crippen molar-refractivity contribution >= 4 is 34.8 Å². The number of rotatable bonds is 3. The number of barbiturate groups is 1. The second kappa shape index (κ2) is 6.03. The van der Waals surface area contributed by atoms with Crippen LogP contribution >= 0.6 is 0 Å². The summed E-state index contributed by atoms with van der Waals surface area (Å²) in [6.45, 7) is -0.0438. The highest BCUT2D eigenvalue weighted by Crippen LogP contribution is 2.24. The van der Waals surface area contributed by atoms with Gasteiger partial charge < -0.3 is 8.98 Å². The molecule has 0 unspecified atom stereocenters. The number of nitrogens with one attached hydrogen (secondary N) is 1. The molecule has 0 spiro atoms. The Hall–Kier alpha value is -3.61. The lowest BCUT2D eigenvalue weighted by atomic mass is 10.1. The first kappa shape index (κ1) is 15.9. The lowest BCUT2D eigenvalue weighted by molar-refractivity contribution is -0.130. The molecule has 2 aromatic heterocycles. The van der Waals surface area contributed by atoms with Gasteiger partial charge in [0, 0.05) is 29.7 Å². The molecule has 3 heterocycles. The van der Waals surface area contributed by atoms with Gasteiger partial charge in [-0.2, -0.15) is 0 Å². The van der Waals surface area contributed by atoms with Gasteiger partial charge in [-0.05, 0) is 24.3 Å². The van der Waals surface area contributed by atoms with Gasteiger partial charge in [0.15, 0.2) is 0 Å². The summed E-state index contributed by atoms with van der Waals surface area (Å²) < 4.78 is 7.11. The van der Waals surface area contributed by atoms with Crippen LogP contribution in [0.25, 0.3) is 17.0 Å². The van der Waals surface area contributed by atoms with Crippen LogP contribution in [0.15, 0.2) is 58.8 Å². The van der Waals surface area contributed by atoms with Crippen LogP contribution in [0.3, 0.4) is 0 Å². The maximum atomic E-state index is 12.7. The zero-order valence-corrected chi connectivity index (χ0v) is 13.9. The molecule has 1 saturated heterocycles. The third-order valence-electron chi connectivity index (χ3n) is 4.31. The predicted octanol–water partition coefficient (Wildman–Crippen LogP) is 2.43. The number of amides is 4. The monoisotopic (exact) mass is 349 g/mol. The summed E-state index contributed by atoms with van der Waals surface area (Å²) in [7, 11) is 1.89. The number of urea groups is 1. The minimum Gasteiger partial charge on any atom is -0.467 e. The summed E-state index contributed by atoms with van der Waals surface area (Å²) in [4.78, 5) is 38.0. The molecule has 1 aliphatic heterocycles. The summed E-state index contributed by atoms with van der Waals surface area (Å²) in [6.07, 6.45) is 4.81. The Morgan fingerprint density at radius 2 is 1.92 bits per heavy atom. The molecule has 4 rings (SSSR count). The molecule has 3 aromatic rings. The Labute approximate surface area is 148 Å². The number of benzene rings is 1. The van der Waals surface area contributed by atoms with Crippen molar-refractivity contribution in [3.63, 3.8) is 0 Å². The van der Waals surface area contributed by atoms with E-state index in [0.717, 1.165) is 21.4 Å². The van der Waals surface area contributed by atoms with E-state index in [4.69, 9.17) is 4.42 Å². The number of hydrogen-bond acceptors (Lipinski definition) is 4. The first-order valence-electron chi connectivity index (χ1n) is 8.00. The number of hydrogen-bond donors (Lipinski definition) is 1. The topological polar surface area (TPSA) is 84.6 Å². The molecule has 0 aliphatic carbocycles. The second-order valence-electron chi connectivity index (χ2n) is 6.00. The van der Waals surface area contributed by atoms with Gasteiger partial charge in [-0.3, -0.25) is 19.8 Å². The summed E-state index contributed by atoms with van der Waals surface area (Å²) in [5.74, 6) is -0.904. The molecule has 4 amide bonds. The maximum Gasteiger partial charge on any atom is 0.331 e. The number of aromatic nitrogens is 1. The SMILES string of the molecule is Cn1cc(C=C2C(=O)NC(=O)N(Cc3ccco3)C2=O)c2ccccc21. The summed E-state index contributed by atoms with van der Waals surface area (Å²) in [5, 5.41) is 3.12. The van der Waals surface area contributed by atoms with Crippen LogP contribution in [0.1, 0.15) is 11.3 Å². The highest BCUT2D eigenvalue weighted by Gasteiger charge is 2.36. The van der Waals surface area contributed by atoms with Gasteiger partial charge in [0.25, 0.3) is 11.8 Å². The Morgan fingerprint density at radius 3 is 2.69 bits per heavy atom. The van der Waals surface area contributed by atoms with Crippen LogP contribution in [-0.2, 0) is 23.2 Å². The van der Waals surface area contributed by atoms with E-state index in [1.165, 1.54) is 12.3 Å². The number of fused-ring (bicyclic) bond motifs is 1. The molecule has 0 radical (unpaired) electrons. The fraction of sp³-hybridized carbons (Fsp3) is 0.105. The number of para-hydroxylation sites is 1. The normalized spacial score (nSPS) is 16.6. The summed E-state index contributed by atoms with van der Waals surface area (Å²) in [5.41, 5.74) is 1.62. The largest absolute Gasteiger partial charge is 0.467 e. The molecule has 7 nitrogen and oxygen atoms in total. The predicted molar refractivity (Wildman–Crippen MR) is 93.7 cm³/mol. The third-order valence-corrected chi connectivity index (χ3v) is 4.31. The molecular formula is C19H15N3O4. The van der Waals surface area contributed by atoms with Crippen molar-refractivity contribution < 1.29 is 18.8 Å². The fourth-order valence-corrected chi connectivity index (χ4v) is 3.04. The number of carbonyl (C=O) groups excluding carboxylic acids is 3. The number of imide groups is 2. The molecule has 0 atom stereocenters. The zero-order chi connectivity index (χ0) is 18.3. The maximum absolute atomic E-state index is 12.7. The van der Waals surface area contributed by atoms with E-state index in [1.54, 1.807) is 12.1 Å². The lowest BCUT2D eigenvalue weighted by Gasteiger charge is -2.25. The Balaban J connectivity index is 1.74. The van der Waals surface area contributed by atoms with Crippen molar-refractivity contribution in [1.29, 1.82) is 0 Å². The number of aryl methyl sites for hydroxylation is 1. The highest BCUT2D eigenvalue weighted by molar-refractivity contribution is 6.31. The van der Waals surface area contributed by atoms with E-state index < -0.39 is 17.8 Å². The molecule has 0 bridgehead atoms. The minimum absolute atomic E-state index is 0.0438. The van der Waals surface area contributed by atoms with Gasteiger partial charge in [0.2, 0.25) is 0 Å². The highest BCUT2D eigenvalue weighted by atomic mass is 16.3. The Kier molecular flexibility index (Phi) is 3.69. The molecule has 7 heteroatoms. The van der Waals surface area contributed by atoms with Crippen molar-refractivity contribution in [2.45, 2.75) is 6.54 Å². The summed E-state index contributed by atoms with van der Waals surface area (Å²) >= 11 is 0. The second-order valence-corrected chi connectivity index (χ2v) is 6.00. The molecule has 1 aromatic carbocycles. The molecule has 0 saturated carbocycles. The molecule has 1 aliphatic rings. The molecule has 1 N–H and O–H groups in total. The van der Waals surface area contributed by atoms with Gasteiger partial charge in [-0.25, -0.2) is 4.79 Å². The van der Waals surface area contributed by atoms with E-state index >= 15 is 0 Å². The number of furan rings is 1. The van der Waals surface area contributed by atoms with E-state index in [2.05, 4.69) is 5.32 Å². The number of nitrogens with zero attached hydrogens (tertiary/aromatic N) is 2. The van der Waals surface area contributed by atoms with Crippen LogP contribution in [-0.4, -0.2) is 27.3 Å². The van der Waals surface area contributed by atoms with Gasteiger partial charge in [-0.15, -0.1) is 0 Å². The van der Waals surface area contributed by atoms with Crippen molar-refractivity contribution in [3.8, 4) is 0 Å². The molecular weight excluding hydrogens is 334 g/mol. The van der Waals surface area contributed by atoms with Crippen LogP contribution in [0.4, 0.5) is 4.79 Å². The quantitative estimate of drug-likeness (QED) is 0.581. The molecule has 130 valence electrons. The minimum atomic E-state index is -0.758. The van der Waals surface area contributed by atoms with Gasteiger partial charge in [0.1, 0.15) is 11.3 Å². The Bertz CT molecular complexity index is 1060. The van der Waals surface area contributed by atoms with Gasteiger partial charge in [-0.1, -0.05) is 18.2 Å². The lowest BCUT2D eigenvalue weighted by Crippen LogP contribution is -2.53. The molecule has 1 fully saturated rings. The average Bonchev–Trinajstić information content (AvgIpc) is 3.24. The van der Waals surface area contributed by atoms with Crippen LogP contribution in [0.2, 0.25) is 0 Å². The van der Waals surface area contributed by atoms with Crippen molar-refractivity contribution in [1.82, 2.24) is 14.8 Å². The standard InChI is InChI=1S/C19H15N3O4/c1-21-10-12(14-6-2-3-7-16(14)21)9-15-17(23)20-19(25)22(18(15)24)11-13-5-4-8-26-13/h2-10H,11H2,1H3,(H,20,23,25). The third kappa shape index (κ3) is 2.59. The zero-order valence-electron chi connectivity index (χ0n) is 13.9. The van der Waals surface area contributed by atoms with Gasteiger partial charge in [0.05, 0.1) is 12.8 Å². The fourth-order valence-electron chi connectivity index (χ4n) is 3.04. The van der Waals surface area contributed by atoms with Crippen LogP contribution < -0.4 is 5.32 Å².